The second-order valence-corrected chi connectivity index (χ2v) is 6.58. The number of nitrogens with zero attached hydrogens (tertiary/aromatic N) is 3. The zero-order valence-electron chi connectivity index (χ0n) is 15.0. The molecule has 0 spiro atoms. The Morgan fingerprint density at radius 1 is 1.12 bits per heavy atom. The van der Waals surface area contributed by atoms with Gasteiger partial charge in [-0.05, 0) is 25.5 Å². The van der Waals surface area contributed by atoms with Crippen LogP contribution in [-0.4, -0.2) is 35.7 Å². The van der Waals surface area contributed by atoms with E-state index in [9.17, 15) is 4.79 Å². The summed E-state index contributed by atoms with van der Waals surface area (Å²) in [5, 5.41) is 0. The molecule has 0 unspecified atom stereocenters. The molecule has 1 fully saturated rings. The highest BCUT2D eigenvalue weighted by atomic mass is 16.5. The quantitative estimate of drug-likeness (QED) is 0.768. The van der Waals surface area contributed by atoms with E-state index in [4.69, 9.17) is 15.5 Å². The Hall–Kier alpha value is -2.86. The summed E-state index contributed by atoms with van der Waals surface area (Å²) in [6.45, 7) is 6.47. The van der Waals surface area contributed by atoms with E-state index in [-0.39, 0.29) is 5.56 Å². The second-order valence-electron chi connectivity index (χ2n) is 6.58. The Morgan fingerprint density at radius 3 is 2.50 bits per heavy atom. The molecule has 0 bridgehead atoms. The Labute approximate surface area is 151 Å². The maximum Gasteiger partial charge on any atom is 0.263 e. The number of rotatable bonds is 2. The summed E-state index contributed by atoms with van der Waals surface area (Å²) in [6, 6.07) is 11.8. The minimum atomic E-state index is -0.0692. The van der Waals surface area contributed by atoms with Crippen molar-refractivity contribution < 1.29 is 4.74 Å². The highest BCUT2D eigenvalue weighted by molar-refractivity contribution is 5.81. The topological polar surface area (TPSA) is 72.9 Å². The molecule has 0 saturated carbocycles. The molecule has 1 saturated heterocycles. The average Bonchev–Trinajstić information content (AvgIpc) is 2.68. The molecule has 2 aromatic heterocycles. The van der Waals surface area contributed by atoms with Crippen LogP contribution in [0.5, 0.6) is 0 Å². The van der Waals surface area contributed by atoms with Crippen LogP contribution in [0.2, 0.25) is 0 Å². The molecule has 3 heterocycles. The predicted molar refractivity (Wildman–Crippen MR) is 104 cm³/mol. The van der Waals surface area contributed by atoms with Crippen molar-refractivity contribution in [2.24, 2.45) is 0 Å². The number of aryl methyl sites for hydroxylation is 1. The van der Waals surface area contributed by atoms with Crippen molar-refractivity contribution in [3.05, 3.63) is 58.0 Å². The molecular weight excluding hydrogens is 328 g/mol. The fourth-order valence-electron chi connectivity index (χ4n) is 3.49. The molecule has 0 amide bonds. The van der Waals surface area contributed by atoms with Crippen LogP contribution in [0.25, 0.3) is 16.8 Å². The van der Waals surface area contributed by atoms with Crippen molar-refractivity contribution in [2.45, 2.75) is 13.8 Å². The third kappa shape index (κ3) is 2.63. The Balaban J connectivity index is 1.97. The van der Waals surface area contributed by atoms with Crippen LogP contribution >= 0.6 is 0 Å². The largest absolute Gasteiger partial charge is 0.397 e. The number of benzene rings is 1. The zero-order chi connectivity index (χ0) is 18.3. The maximum atomic E-state index is 13.0. The summed E-state index contributed by atoms with van der Waals surface area (Å²) in [5.41, 5.74) is 10.8. The monoisotopic (exact) mass is 350 g/mol. The number of anilines is 2. The molecule has 2 N–H and O–H groups in total. The summed E-state index contributed by atoms with van der Waals surface area (Å²) in [4.78, 5) is 20.0. The molecule has 0 aliphatic carbocycles. The van der Waals surface area contributed by atoms with Crippen molar-refractivity contribution in [3.63, 3.8) is 0 Å². The highest BCUT2D eigenvalue weighted by Crippen LogP contribution is 2.30. The molecule has 26 heavy (non-hydrogen) atoms. The van der Waals surface area contributed by atoms with E-state index in [1.807, 2.05) is 50.2 Å². The smallest absolute Gasteiger partial charge is 0.263 e. The van der Waals surface area contributed by atoms with Gasteiger partial charge in [0.25, 0.3) is 5.56 Å². The molecule has 1 aliphatic rings. The van der Waals surface area contributed by atoms with E-state index < -0.39 is 0 Å². The van der Waals surface area contributed by atoms with Crippen molar-refractivity contribution in [1.29, 1.82) is 0 Å². The molecule has 4 rings (SSSR count). The van der Waals surface area contributed by atoms with Gasteiger partial charge in [-0.25, -0.2) is 4.98 Å². The SMILES string of the molecule is Cc1c(N2CCOCC2)nc2cc(-c3ccccc3)c(N)c(C)n2c1=O. The Bertz CT molecular complexity index is 1020. The van der Waals surface area contributed by atoms with Crippen LogP contribution in [0.4, 0.5) is 11.5 Å². The summed E-state index contributed by atoms with van der Waals surface area (Å²) in [5.74, 6) is 0.737. The van der Waals surface area contributed by atoms with E-state index in [1.54, 1.807) is 4.40 Å². The fourth-order valence-corrected chi connectivity index (χ4v) is 3.49. The molecular formula is C20H22N4O2. The lowest BCUT2D eigenvalue weighted by Crippen LogP contribution is -2.38. The normalized spacial score (nSPS) is 14.8. The van der Waals surface area contributed by atoms with Crippen LogP contribution < -0.4 is 16.2 Å². The standard InChI is InChI=1S/C20H22N4O2/c1-13-19(23-8-10-26-11-9-23)22-17-12-16(15-6-4-3-5-7-15)18(21)14(2)24(17)20(13)25/h3-7,12H,8-11,21H2,1-2H3. The molecule has 3 aromatic rings. The van der Waals surface area contributed by atoms with Gasteiger partial charge >= 0.3 is 0 Å². The number of ether oxygens (including phenoxy) is 1. The maximum absolute atomic E-state index is 13.0. The van der Waals surface area contributed by atoms with E-state index >= 15 is 0 Å². The van der Waals surface area contributed by atoms with Crippen LogP contribution in [0.1, 0.15) is 11.3 Å². The fraction of sp³-hybridized carbons (Fsp3) is 0.300. The molecule has 0 radical (unpaired) electrons. The minimum Gasteiger partial charge on any atom is -0.397 e. The third-order valence-electron chi connectivity index (χ3n) is 4.99. The van der Waals surface area contributed by atoms with E-state index in [2.05, 4.69) is 4.90 Å². The lowest BCUT2D eigenvalue weighted by atomic mass is 10.0. The summed E-state index contributed by atoms with van der Waals surface area (Å²) in [6.07, 6.45) is 0. The van der Waals surface area contributed by atoms with Gasteiger partial charge in [0.2, 0.25) is 0 Å². The molecule has 0 atom stereocenters. The van der Waals surface area contributed by atoms with Gasteiger partial charge in [0.1, 0.15) is 11.5 Å². The van der Waals surface area contributed by atoms with Crippen molar-refractivity contribution in [3.8, 4) is 11.1 Å². The number of hydrogen-bond acceptors (Lipinski definition) is 5. The summed E-state index contributed by atoms with van der Waals surface area (Å²) in [7, 11) is 0. The first-order chi connectivity index (χ1) is 12.6. The molecule has 1 aromatic carbocycles. The van der Waals surface area contributed by atoms with Gasteiger partial charge in [0.05, 0.1) is 24.5 Å². The Kier molecular flexibility index (Phi) is 4.12. The van der Waals surface area contributed by atoms with Gasteiger partial charge in [-0.3, -0.25) is 9.20 Å². The lowest BCUT2D eigenvalue weighted by molar-refractivity contribution is 0.122. The highest BCUT2D eigenvalue weighted by Gasteiger charge is 2.20. The van der Waals surface area contributed by atoms with Crippen molar-refractivity contribution >= 4 is 17.2 Å². The lowest BCUT2D eigenvalue weighted by Gasteiger charge is -2.29. The number of hydrogen-bond donors (Lipinski definition) is 1. The van der Waals surface area contributed by atoms with Crippen molar-refractivity contribution in [2.75, 3.05) is 36.9 Å². The zero-order valence-corrected chi connectivity index (χ0v) is 15.0. The number of pyridine rings is 1. The minimum absolute atomic E-state index is 0.0692. The van der Waals surface area contributed by atoms with Crippen LogP contribution in [-0.2, 0) is 4.74 Å². The predicted octanol–water partition coefficient (Wildman–Crippen LogP) is 2.40. The van der Waals surface area contributed by atoms with Gasteiger partial charge in [0.15, 0.2) is 0 Å². The first-order valence-corrected chi connectivity index (χ1v) is 8.78. The van der Waals surface area contributed by atoms with Crippen LogP contribution in [0.15, 0.2) is 41.2 Å². The number of aromatic nitrogens is 2. The van der Waals surface area contributed by atoms with E-state index in [0.29, 0.717) is 30.1 Å². The molecule has 6 heteroatoms. The van der Waals surface area contributed by atoms with Crippen molar-refractivity contribution in [1.82, 2.24) is 9.38 Å². The second kappa shape index (κ2) is 6.46. The molecule has 1 aliphatic heterocycles. The number of nitrogen functional groups attached to an aromatic ring is 1. The van der Waals surface area contributed by atoms with Gasteiger partial charge in [-0.2, -0.15) is 0 Å². The van der Waals surface area contributed by atoms with Gasteiger partial charge in [-0.15, -0.1) is 0 Å². The number of fused-ring (bicyclic) bond motifs is 1. The van der Waals surface area contributed by atoms with E-state index in [1.165, 1.54) is 0 Å². The average molecular weight is 350 g/mol. The summed E-state index contributed by atoms with van der Waals surface area (Å²) < 4.78 is 7.03. The number of morpholine rings is 1. The number of nitrogens with two attached hydrogens (primary N) is 1. The molecule has 6 nitrogen and oxygen atoms in total. The first kappa shape index (κ1) is 16.6. The molecule has 134 valence electrons. The first-order valence-electron chi connectivity index (χ1n) is 8.78. The Morgan fingerprint density at radius 2 is 1.81 bits per heavy atom. The van der Waals surface area contributed by atoms with Gasteiger partial charge < -0.3 is 15.4 Å². The van der Waals surface area contributed by atoms with Crippen LogP contribution in [0, 0.1) is 13.8 Å². The van der Waals surface area contributed by atoms with Crippen LogP contribution in [0.3, 0.4) is 0 Å². The summed E-state index contributed by atoms with van der Waals surface area (Å²) >= 11 is 0. The third-order valence-corrected chi connectivity index (χ3v) is 4.99. The van der Waals surface area contributed by atoms with Gasteiger partial charge in [0, 0.05) is 24.3 Å². The van der Waals surface area contributed by atoms with E-state index in [0.717, 1.165) is 35.7 Å². The van der Waals surface area contributed by atoms with Gasteiger partial charge in [-0.1, -0.05) is 30.3 Å².